The third kappa shape index (κ3) is 3.40. The molecule has 76 valence electrons. The van der Waals surface area contributed by atoms with Crippen molar-refractivity contribution >= 4 is 50.7 Å². The zero-order chi connectivity index (χ0) is 10.6. The second-order valence-corrected chi connectivity index (χ2v) is 4.17. The summed E-state index contributed by atoms with van der Waals surface area (Å²) in [6, 6.07) is 1.76. The molecule has 0 spiro atoms. The largest absolute Gasteiger partial charge is 0.363 e. The van der Waals surface area contributed by atoms with E-state index < -0.39 is 0 Å². The summed E-state index contributed by atoms with van der Waals surface area (Å²) >= 11 is 14.1. The number of rotatable bonds is 2. The molecular formula is C8H9BrClN3S. The zero-order valence-corrected chi connectivity index (χ0v) is 10.6. The van der Waals surface area contributed by atoms with Crippen LogP contribution in [0.3, 0.4) is 0 Å². The maximum absolute atomic E-state index is 5.75. The molecule has 1 aromatic rings. The van der Waals surface area contributed by atoms with Gasteiger partial charge in [-0.2, -0.15) is 0 Å². The van der Waals surface area contributed by atoms with Crippen LogP contribution < -0.4 is 10.6 Å². The Hall–Kier alpha value is -0.390. The Kier molecular flexibility index (Phi) is 4.57. The lowest BCUT2D eigenvalue weighted by Gasteiger charge is -2.09. The highest BCUT2D eigenvalue weighted by Gasteiger charge is 2.03. The van der Waals surface area contributed by atoms with Crippen molar-refractivity contribution in [2.75, 3.05) is 11.9 Å². The third-order valence-corrected chi connectivity index (χ3v) is 2.43. The number of hydrogen-bond acceptors (Lipinski definition) is 2. The topological polar surface area (TPSA) is 37.0 Å². The quantitative estimate of drug-likeness (QED) is 0.823. The van der Waals surface area contributed by atoms with Crippen LogP contribution in [0.5, 0.6) is 0 Å². The molecule has 0 unspecified atom stereocenters. The molecule has 0 aliphatic carbocycles. The van der Waals surface area contributed by atoms with Crippen molar-refractivity contribution in [3.05, 3.63) is 21.8 Å². The van der Waals surface area contributed by atoms with Gasteiger partial charge in [0.05, 0.1) is 9.50 Å². The Balaban J connectivity index is 2.72. The van der Waals surface area contributed by atoms with Crippen molar-refractivity contribution in [2.24, 2.45) is 0 Å². The zero-order valence-electron chi connectivity index (χ0n) is 7.47. The number of aromatic nitrogens is 1. The van der Waals surface area contributed by atoms with E-state index in [0.29, 0.717) is 16.0 Å². The van der Waals surface area contributed by atoms with E-state index in [2.05, 4.69) is 31.5 Å². The van der Waals surface area contributed by atoms with Crippen molar-refractivity contribution < 1.29 is 0 Å². The van der Waals surface area contributed by atoms with Crippen LogP contribution in [-0.4, -0.2) is 16.6 Å². The average molecular weight is 295 g/mol. The lowest BCUT2D eigenvalue weighted by atomic mass is 10.4. The molecule has 0 saturated carbocycles. The highest BCUT2D eigenvalue weighted by molar-refractivity contribution is 9.10. The van der Waals surface area contributed by atoms with Gasteiger partial charge in [-0.05, 0) is 41.1 Å². The van der Waals surface area contributed by atoms with Gasteiger partial charge in [0.25, 0.3) is 0 Å². The van der Waals surface area contributed by atoms with Gasteiger partial charge in [-0.3, -0.25) is 0 Å². The fraction of sp³-hybridized carbons (Fsp3) is 0.250. The predicted octanol–water partition coefficient (Wildman–Crippen LogP) is 2.80. The Bertz CT molecular complexity index is 345. The molecule has 1 heterocycles. The van der Waals surface area contributed by atoms with Gasteiger partial charge in [0.1, 0.15) is 5.82 Å². The van der Waals surface area contributed by atoms with Crippen LogP contribution in [-0.2, 0) is 0 Å². The van der Waals surface area contributed by atoms with E-state index in [0.717, 1.165) is 11.0 Å². The van der Waals surface area contributed by atoms with Crippen LogP contribution in [0.25, 0.3) is 0 Å². The van der Waals surface area contributed by atoms with Gasteiger partial charge in [0, 0.05) is 12.7 Å². The summed E-state index contributed by atoms with van der Waals surface area (Å²) in [7, 11) is 0. The molecule has 14 heavy (non-hydrogen) atoms. The summed E-state index contributed by atoms with van der Waals surface area (Å²) in [6.07, 6.45) is 1.56. The van der Waals surface area contributed by atoms with Crippen LogP contribution in [0, 0.1) is 0 Å². The molecule has 0 aromatic carbocycles. The SMILES string of the molecule is CCNC(=S)Nc1ncc(Cl)cc1Br. The summed E-state index contributed by atoms with van der Waals surface area (Å²) in [6.45, 7) is 2.75. The Morgan fingerprint density at radius 2 is 2.43 bits per heavy atom. The van der Waals surface area contributed by atoms with Crippen molar-refractivity contribution in [2.45, 2.75) is 6.92 Å². The van der Waals surface area contributed by atoms with E-state index in [1.807, 2.05) is 6.92 Å². The van der Waals surface area contributed by atoms with E-state index >= 15 is 0 Å². The second-order valence-electron chi connectivity index (χ2n) is 2.47. The molecule has 0 aliphatic heterocycles. The van der Waals surface area contributed by atoms with Crippen molar-refractivity contribution in [3.8, 4) is 0 Å². The third-order valence-electron chi connectivity index (χ3n) is 1.38. The minimum Gasteiger partial charge on any atom is -0.363 e. The normalized spacial score (nSPS) is 9.64. The fourth-order valence-electron chi connectivity index (χ4n) is 0.819. The molecule has 6 heteroatoms. The first-order chi connectivity index (χ1) is 6.63. The van der Waals surface area contributed by atoms with Gasteiger partial charge in [-0.25, -0.2) is 4.98 Å². The molecule has 1 aromatic heterocycles. The average Bonchev–Trinajstić information content (AvgIpc) is 2.10. The highest BCUT2D eigenvalue weighted by atomic mass is 79.9. The van der Waals surface area contributed by atoms with Crippen molar-refractivity contribution in [1.29, 1.82) is 0 Å². The lowest BCUT2D eigenvalue weighted by Crippen LogP contribution is -2.28. The first-order valence-electron chi connectivity index (χ1n) is 3.99. The van der Waals surface area contributed by atoms with Gasteiger partial charge < -0.3 is 10.6 Å². The Labute approximate surface area is 101 Å². The maximum atomic E-state index is 5.75. The van der Waals surface area contributed by atoms with E-state index in [1.165, 1.54) is 0 Å². The monoisotopic (exact) mass is 293 g/mol. The summed E-state index contributed by atoms with van der Waals surface area (Å²) in [4.78, 5) is 4.08. The van der Waals surface area contributed by atoms with E-state index in [4.69, 9.17) is 23.8 Å². The Morgan fingerprint density at radius 3 is 3.00 bits per heavy atom. The van der Waals surface area contributed by atoms with Crippen molar-refractivity contribution in [1.82, 2.24) is 10.3 Å². The van der Waals surface area contributed by atoms with Gasteiger partial charge in [-0.15, -0.1) is 0 Å². The lowest BCUT2D eigenvalue weighted by molar-refractivity contribution is 0.978. The molecule has 0 amide bonds. The van der Waals surface area contributed by atoms with Gasteiger partial charge in [0.2, 0.25) is 0 Å². The molecule has 3 nitrogen and oxygen atoms in total. The summed E-state index contributed by atoms with van der Waals surface area (Å²) < 4.78 is 0.783. The molecule has 0 fully saturated rings. The molecule has 2 N–H and O–H groups in total. The highest BCUT2D eigenvalue weighted by Crippen LogP contribution is 2.22. The first kappa shape index (κ1) is 11.7. The number of pyridine rings is 1. The Morgan fingerprint density at radius 1 is 1.71 bits per heavy atom. The number of hydrogen-bond donors (Lipinski definition) is 2. The summed E-state index contributed by atoms with van der Waals surface area (Å²) in [5, 5.41) is 7.03. The standard InChI is InChI=1S/C8H9BrClN3S/c1-2-11-8(14)13-7-6(9)3-5(10)4-12-7/h3-4H,2H2,1H3,(H2,11,12,13,14). The first-order valence-corrected chi connectivity index (χ1v) is 5.57. The summed E-state index contributed by atoms with van der Waals surface area (Å²) in [5.41, 5.74) is 0. The molecule has 0 atom stereocenters. The van der Waals surface area contributed by atoms with E-state index in [1.54, 1.807) is 12.3 Å². The molecule has 0 bridgehead atoms. The smallest absolute Gasteiger partial charge is 0.171 e. The molecular weight excluding hydrogens is 286 g/mol. The van der Waals surface area contributed by atoms with Crippen LogP contribution in [0.15, 0.2) is 16.7 Å². The number of nitrogens with one attached hydrogen (secondary N) is 2. The van der Waals surface area contributed by atoms with Crippen LogP contribution in [0.2, 0.25) is 5.02 Å². The fourth-order valence-corrected chi connectivity index (χ4v) is 1.80. The second kappa shape index (κ2) is 5.48. The van der Waals surface area contributed by atoms with E-state index in [-0.39, 0.29) is 0 Å². The van der Waals surface area contributed by atoms with Gasteiger partial charge >= 0.3 is 0 Å². The molecule has 0 saturated heterocycles. The van der Waals surface area contributed by atoms with Gasteiger partial charge in [-0.1, -0.05) is 11.6 Å². The minimum atomic E-state index is 0.544. The molecule has 1 rings (SSSR count). The van der Waals surface area contributed by atoms with Crippen LogP contribution in [0.4, 0.5) is 5.82 Å². The predicted molar refractivity (Wildman–Crippen MR) is 66.8 cm³/mol. The van der Waals surface area contributed by atoms with Crippen molar-refractivity contribution in [3.63, 3.8) is 0 Å². The van der Waals surface area contributed by atoms with Crippen LogP contribution >= 0.6 is 39.7 Å². The number of anilines is 1. The van der Waals surface area contributed by atoms with Gasteiger partial charge in [0.15, 0.2) is 5.11 Å². The van der Waals surface area contributed by atoms with Crippen LogP contribution in [0.1, 0.15) is 6.92 Å². The molecule has 0 radical (unpaired) electrons. The number of nitrogens with zero attached hydrogens (tertiary/aromatic N) is 1. The van der Waals surface area contributed by atoms with E-state index in [9.17, 15) is 0 Å². The number of halogens is 2. The summed E-state index contributed by atoms with van der Waals surface area (Å²) in [5.74, 6) is 0.653. The minimum absolute atomic E-state index is 0.544. The maximum Gasteiger partial charge on any atom is 0.171 e. The number of thiocarbonyl (C=S) groups is 1. The molecule has 0 aliphatic rings.